The lowest BCUT2D eigenvalue weighted by Crippen LogP contribution is -2.29. The summed E-state index contributed by atoms with van der Waals surface area (Å²) in [6.07, 6.45) is 18.2. The molecule has 5 heteroatoms. The van der Waals surface area contributed by atoms with Crippen LogP contribution in [0.25, 0.3) is 0 Å². The Morgan fingerprint density at radius 3 is 1.96 bits per heavy atom. The molecule has 2 rings (SSSR count). The Morgan fingerprint density at radius 1 is 0.800 bits per heavy atom. The van der Waals surface area contributed by atoms with E-state index in [0.29, 0.717) is 12.1 Å². The lowest BCUT2D eigenvalue weighted by atomic mass is 9.70. The van der Waals surface area contributed by atoms with Gasteiger partial charge in [-0.25, -0.2) is 0 Å². The van der Waals surface area contributed by atoms with E-state index in [9.17, 15) is 0 Å². The molecule has 0 radical (unpaired) electrons. The molecule has 0 aromatic carbocycles. The predicted molar refractivity (Wildman–Crippen MR) is 114 cm³/mol. The van der Waals surface area contributed by atoms with Gasteiger partial charge in [0.2, 0.25) is 0 Å². The summed E-state index contributed by atoms with van der Waals surface area (Å²) in [5.41, 5.74) is 0. The van der Waals surface area contributed by atoms with Crippen molar-refractivity contribution in [3.05, 3.63) is 0 Å². The number of ether oxygens (including phenoxy) is 1. The standard InChI is InChI=1S/C20H37Cl3OSi/c1-2-3-4-6-17-7-9-18(10-8-17)19-11-13-20(14-12-19)24-15-5-16-25(21,22)23/h17-20H,2-16H2,1H3. The maximum atomic E-state index is 6.03. The zero-order valence-corrected chi connectivity index (χ0v) is 19.2. The third kappa shape index (κ3) is 9.19. The first-order valence-electron chi connectivity index (χ1n) is 10.7. The molecule has 25 heavy (non-hydrogen) atoms. The van der Waals surface area contributed by atoms with Gasteiger partial charge in [0.1, 0.15) is 0 Å². The van der Waals surface area contributed by atoms with Crippen LogP contribution < -0.4 is 0 Å². The fourth-order valence-electron chi connectivity index (χ4n) is 4.88. The summed E-state index contributed by atoms with van der Waals surface area (Å²) in [5, 5.41) is 0. The molecule has 0 aromatic heterocycles. The molecule has 0 unspecified atom stereocenters. The molecule has 148 valence electrons. The average molecular weight is 428 g/mol. The molecule has 2 aliphatic carbocycles. The molecule has 2 saturated carbocycles. The van der Waals surface area contributed by atoms with E-state index in [1.165, 1.54) is 77.0 Å². The highest BCUT2D eigenvalue weighted by molar-refractivity contribution is 7.64. The maximum absolute atomic E-state index is 6.03. The molecular weight excluding hydrogens is 391 g/mol. The van der Waals surface area contributed by atoms with Crippen LogP contribution in [0, 0.1) is 17.8 Å². The lowest BCUT2D eigenvalue weighted by molar-refractivity contribution is 0.00726. The van der Waals surface area contributed by atoms with Gasteiger partial charge >= 0.3 is 6.00 Å². The molecule has 1 nitrogen and oxygen atoms in total. The Hall–Kier alpha value is 1.05. The average Bonchev–Trinajstić information content (AvgIpc) is 2.59. The first-order chi connectivity index (χ1) is 12.0. The molecule has 2 fully saturated rings. The summed E-state index contributed by atoms with van der Waals surface area (Å²) < 4.78 is 6.03. The van der Waals surface area contributed by atoms with Gasteiger partial charge in [-0.1, -0.05) is 45.4 Å². The highest BCUT2D eigenvalue weighted by Crippen LogP contribution is 2.41. The minimum atomic E-state index is -2.46. The Labute approximate surface area is 170 Å². The smallest absolute Gasteiger partial charge is 0.341 e. The zero-order valence-electron chi connectivity index (χ0n) is 16.0. The number of hydrogen-bond acceptors (Lipinski definition) is 1. The van der Waals surface area contributed by atoms with Gasteiger partial charge < -0.3 is 4.74 Å². The van der Waals surface area contributed by atoms with Crippen LogP contribution in [0.1, 0.15) is 90.4 Å². The minimum absolute atomic E-state index is 0.457. The summed E-state index contributed by atoms with van der Waals surface area (Å²) in [6, 6.07) is -1.74. The van der Waals surface area contributed by atoms with E-state index in [0.717, 1.165) is 30.8 Å². The van der Waals surface area contributed by atoms with Gasteiger partial charge in [-0.3, -0.25) is 0 Å². The minimum Gasteiger partial charge on any atom is -0.378 e. The number of unbranched alkanes of at least 4 members (excludes halogenated alkanes) is 2. The first-order valence-corrected chi connectivity index (χ1v) is 15.9. The number of halogens is 3. The van der Waals surface area contributed by atoms with E-state index in [2.05, 4.69) is 6.92 Å². The topological polar surface area (TPSA) is 9.23 Å². The fourth-order valence-corrected chi connectivity index (χ4v) is 6.63. The second-order valence-corrected chi connectivity index (χ2v) is 17.7. The molecular formula is C20H37Cl3OSi. The summed E-state index contributed by atoms with van der Waals surface area (Å²) >= 11 is 17.8. The molecule has 0 bridgehead atoms. The lowest BCUT2D eigenvalue weighted by Gasteiger charge is -2.38. The van der Waals surface area contributed by atoms with Crippen molar-refractivity contribution in [2.45, 2.75) is 103 Å². The molecule has 0 spiro atoms. The van der Waals surface area contributed by atoms with Crippen LogP contribution in [-0.4, -0.2) is 18.7 Å². The predicted octanol–water partition coefficient (Wildman–Crippen LogP) is 7.99. The van der Waals surface area contributed by atoms with Crippen LogP contribution in [0.3, 0.4) is 0 Å². The number of rotatable bonds is 10. The third-order valence-corrected chi connectivity index (χ3v) is 9.07. The largest absolute Gasteiger partial charge is 0.378 e. The van der Waals surface area contributed by atoms with E-state index in [1.807, 2.05) is 0 Å². The van der Waals surface area contributed by atoms with Crippen LogP contribution in [0.2, 0.25) is 6.04 Å². The highest BCUT2D eigenvalue weighted by Gasteiger charge is 2.31. The normalized spacial score (nSPS) is 31.2. The summed E-state index contributed by atoms with van der Waals surface area (Å²) in [5.74, 6) is 2.99. The van der Waals surface area contributed by atoms with E-state index >= 15 is 0 Å². The van der Waals surface area contributed by atoms with Crippen molar-refractivity contribution in [2.24, 2.45) is 17.8 Å². The second kappa shape index (κ2) is 11.8. The van der Waals surface area contributed by atoms with Gasteiger partial charge in [-0.05, 0) is 68.7 Å². The van der Waals surface area contributed by atoms with E-state index in [4.69, 9.17) is 38.0 Å². The van der Waals surface area contributed by atoms with Gasteiger partial charge in [-0.2, -0.15) is 0 Å². The quantitative estimate of drug-likeness (QED) is 0.195. The van der Waals surface area contributed by atoms with Crippen LogP contribution in [-0.2, 0) is 4.74 Å². The summed E-state index contributed by atoms with van der Waals surface area (Å²) in [6.45, 7) is 3.07. The van der Waals surface area contributed by atoms with Gasteiger partial charge in [0.15, 0.2) is 0 Å². The molecule has 0 aliphatic heterocycles. The van der Waals surface area contributed by atoms with Gasteiger partial charge in [0.25, 0.3) is 0 Å². The Balaban J connectivity index is 1.55. The Morgan fingerprint density at radius 2 is 1.40 bits per heavy atom. The van der Waals surface area contributed by atoms with E-state index in [1.54, 1.807) is 0 Å². The van der Waals surface area contributed by atoms with Crippen LogP contribution in [0.15, 0.2) is 0 Å². The SMILES string of the molecule is CCCCCC1CCC(C2CCC(OCCC[Si](Cl)(Cl)Cl)CC2)CC1. The van der Waals surface area contributed by atoms with E-state index in [-0.39, 0.29) is 0 Å². The van der Waals surface area contributed by atoms with Crippen LogP contribution in [0.4, 0.5) is 0 Å². The monoisotopic (exact) mass is 426 g/mol. The highest BCUT2D eigenvalue weighted by atomic mass is 35.8. The van der Waals surface area contributed by atoms with Crippen molar-refractivity contribution in [1.82, 2.24) is 0 Å². The number of hydrogen-bond donors (Lipinski definition) is 0. The molecule has 2 aliphatic rings. The van der Waals surface area contributed by atoms with E-state index < -0.39 is 6.00 Å². The van der Waals surface area contributed by atoms with Crippen LogP contribution in [0.5, 0.6) is 0 Å². The van der Waals surface area contributed by atoms with Crippen molar-refractivity contribution < 1.29 is 4.74 Å². The molecule has 0 atom stereocenters. The second-order valence-electron chi connectivity index (χ2n) is 8.40. The Kier molecular flexibility index (Phi) is 10.5. The summed E-state index contributed by atoms with van der Waals surface area (Å²) in [7, 11) is 0. The third-order valence-electron chi connectivity index (χ3n) is 6.45. The van der Waals surface area contributed by atoms with Gasteiger partial charge in [0, 0.05) is 6.61 Å². The summed E-state index contributed by atoms with van der Waals surface area (Å²) in [4.78, 5) is 0. The maximum Gasteiger partial charge on any atom is 0.341 e. The Bertz CT molecular complexity index is 345. The van der Waals surface area contributed by atoms with Crippen LogP contribution >= 0.6 is 33.2 Å². The van der Waals surface area contributed by atoms with Crippen molar-refractivity contribution in [1.29, 1.82) is 0 Å². The van der Waals surface area contributed by atoms with Gasteiger partial charge in [0.05, 0.1) is 6.10 Å². The van der Waals surface area contributed by atoms with Crippen molar-refractivity contribution in [3.8, 4) is 0 Å². The zero-order chi connectivity index (χ0) is 18.1. The molecule has 0 saturated heterocycles. The molecule has 0 aromatic rings. The van der Waals surface area contributed by atoms with Crippen molar-refractivity contribution in [2.75, 3.05) is 6.61 Å². The van der Waals surface area contributed by atoms with Crippen molar-refractivity contribution in [3.63, 3.8) is 0 Å². The molecule has 0 heterocycles. The first kappa shape index (κ1) is 22.3. The van der Waals surface area contributed by atoms with Crippen molar-refractivity contribution >= 4 is 39.2 Å². The molecule has 0 amide bonds. The van der Waals surface area contributed by atoms with Gasteiger partial charge in [-0.15, -0.1) is 33.2 Å². The fraction of sp³-hybridized carbons (Fsp3) is 1.00. The molecule has 0 N–H and O–H groups in total.